The van der Waals surface area contributed by atoms with Crippen LogP contribution in [-0.4, -0.2) is 14.7 Å². The number of fused-ring (bicyclic) bond motifs is 3. The van der Waals surface area contributed by atoms with Gasteiger partial charge in [-0.2, -0.15) is 5.26 Å². The number of para-hydroxylation sites is 1. The summed E-state index contributed by atoms with van der Waals surface area (Å²) in [7, 11) is 0. The number of nitriles is 1. The first kappa shape index (κ1) is 18.0. The minimum absolute atomic E-state index is 0.0234. The summed E-state index contributed by atoms with van der Waals surface area (Å²) in [6.45, 7) is -0.103. The van der Waals surface area contributed by atoms with E-state index >= 15 is 0 Å². The number of hydrogen-bond acceptors (Lipinski definition) is 3. The third-order valence-corrected chi connectivity index (χ3v) is 5.33. The molecule has 0 fully saturated rings. The summed E-state index contributed by atoms with van der Waals surface area (Å²) in [6, 6.07) is 24.3. The Hall–Kier alpha value is -4.01. The van der Waals surface area contributed by atoms with Crippen LogP contribution in [0.25, 0.3) is 38.6 Å². The Bertz CT molecular complexity index is 1450. The van der Waals surface area contributed by atoms with E-state index in [4.69, 9.17) is 5.26 Å². The molecule has 4 nitrogen and oxygen atoms in total. The van der Waals surface area contributed by atoms with E-state index in [1.165, 1.54) is 12.1 Å². The van der Waals surface area contributed by atoms with Crippen LogP contribution in [0, 0.1) is 17.1 Å². The van der Waals surface area contributed by atoms with E-state index in [1.807, 2.05) is 65.2 Å². The maximum absolute atomic E-state index is 14.4. The summed E-state index contributed by atoms with van der Waals surface area (Å²) in [5.41, 5.74) is 5.12. The van der Waals surface area contributed by atoms with Gasteiger partial charge in [0.1, 0.15) is 11.9 Å². The first-order valence-electron chi connectivity index (χ1n) is 9.49. The Labute approximate surface area is 172 Å². The van der Waals surface area contributed by atoms with Gasteiger partial charge in [0, 0.05) is 28.2 Å². The lowest BCUT2D eigenvalue weighted by molar-refractivity contribution is 0.277. The molecule has 0 unspecified atom stereocenters. The highest BCUT2D eigenvalue weighted by Gasteiger charge is 2.16. The van der Waals surface area contributed by atoms with Crippen molar-refractivity contribution in [3.8, 4) is 22.9 Å². The molecule has 5 heteroatoms. The molecule has 0 atom stereocenters. The van der Waals surface area contributed by atoms with Gasteiger partial charge >= 0.3 is 0 Å². The lowest BCUT2D eigenvalue weighted by atomic mass is 10.0. The first-order valence-corrected chi connectivity index (χ1v) is 9.49. The molecule has 1 N–H and O–H groups in total. The van der Waals surface area contributed by atoms with Crippen LogP contribution in [0.3, 0.4) is 0 Å². The Morgan fingerprint density at radius 3 is 2.53 bits per heavy atom. The van der Waals surface area contributed by atoms with E-state index in [9.17, 15) is 9.50 Å². The second kappa shape index (κ2) is 7.11. The smallest absolute Gasteiger partial charge is 0.143 e. The highest BCUT2D eigenvalue weighted by Crippen LogP contribution is 2.38. The molecule has 0 saturated heterocycles. The number of aromatic nitrogens is 2. The highest BCUT2D eigenvalue weighted by atomic mass is 19.1. The fourth-order valence-electron chi connectivity index (χ4n) is 3.95. The van der Waals surface area contributed by atoms with Crippen LogP contribution in [0.5, 0.6) is 0 Å². The van der Waals surface area contributed by atoms with Gasteiger partial charge < -0.3 is 9.67 Å². The molecule has 0 aliphatic heterocycles. The Morgan fingerprint density at radius 2 is 1.80 bits per heavy atom. The largest absolute Gasteiger partial charge is 0.390 e. The van der Waals surface area contributed by atoms with Crippen molar-refractivity contribution in [1.29, 1.82) is 5.26 Å². The van der Waals surface area contributed by atoms with E-state index in [1.54, 1.807) is 12.3 Å². The zero-order chi connectivity index (χ0) is 20.7. The molecular formula is C25H16FN3O. The molecule has 0 amide bonds. The average molecular weight is 393 g/mol. The number of nitrogens with zero attached hydrogens (tertiary/aromatic N) is 3. The van der Waals surface area contributed by atoms with Gasteiger partial charge in [-0.1, -0.05) is 36.4 Å². The standard InChI is InChI=1S/C25H16FN3O/c26-22-12-19(11-9-16(22)13-27)29-23-6-2-1-4-21(23)25-20(5-3-7-24(25)29)17-8-10-18(15-30)28-14-17/h1-12,14,30H,15H2. The quantitative estimate of drug-likeness (QED) is 0.449. The zero-order valence-corrected chi connectivity index (χ0v) is 15.9. The number of aliphatic hydroxyl groups is 1. The summed E-state index contributed by atoms with van der Waals surface area (Å²) in [6.07, 6.45) is 1.76. The van der Waals surface area contributed by atoms with Crippen LogP contribution >= 0.6 is 0 Å². The molecule has 2 heterocycles. The zero-order valence-electron chi connectivity index (χ0n) is 15.9. The molecule has 0 radical (unpaired) electrons. The molecule has 30 heavy (non-hydrogen) atoms. The maximum Gasteiger partial charge on any atom is 0.143 e. The van der Waals surface area contributed by atoms with Gasteiger partial charge in [-0.15, -0.1) is 0 Å². The monoisotopic (exact) mass is 393 g/mol. The second-order valence-corrected chi connectivity index (χ2v) is 7.02. The lowest BCUT2D eigenvalue weighted by Gasteiger charge is -2.09. The van der Waals surface area contributed by atoms with Crippen molar-refractivity contribution >= 4 is 21.8 Å². The number of halogens is 1. The highest BCUT2D eigenvalue weighted by molar-refractivity contribution is 6.15. The number of aliphatic hydroxyl groups excluding tert-OH is 1. The van der Waals surface area contributed by atoms with Gasteiger partial charge in [0.05, 0.1) is 28.9 Å². The number of hydrogen-bond donors (Lipinski definition) is 1. The van der Waals surface area contributed by atoms with Gasteiger partial charge in [0.15, 0.2) is 0 Å². The minimum atomic E-state index is -0.541. The SMILES string of the molecule is N#Cc1ccc(-n2c3ccccc3c3c(-c4ccc(CO)nc4)cccc32)cc1F. The molecular weight excluding hydrogens is 377 g/mol. The predicted molar refractivity (Wildman–Crippen MR) is 115 cm³/mol. The molecule has 0 aliphatic rings. The minimum Gasteiger partial charge on any atom is -0.390 e. The van der Waals surface area contributed by atoms with Crippen molar-refractivity contribution in [3.05, 3.63) is 96.1 Å². The van der Waals surface area contributed by atoms with Crippen LogP contribution < -0.4 is 0 Å². The number of rotatable bonds is 3. The van der Waals surface area contributed by atoms with Gasteiger partial charge in [-0.25, -0.2) is 4.39 Å². The van der Waals surface area contributed by atoms with Gasteiger partial charge in [-0.05, 0) is 42.0 Å². The summed E-state index contributed by atoms with van der Waals surface area (Å²) in [5, 5.41) is 20.4. The molecule has 5 aromatic rings. The van der Waals surface area contributed by atoms with Gasteiger partial charge in [-0.3, -0.25) is 4.98 Å². The van der Waals surface area contributed by atoms with E-state index in [2.05, 4.69) is 4.98 Å². The summed E-state index contributed by atoms with van der Waals surface area (Å²) in [4.78, 5) is 4.32. The average Bonchev–Trinajstić information content (AvgIpc) is 3.13. The van der Waals surface area contributed by atoms with E-state index in [-0.39, 0.29) is 12.2 Å². The first-order chi connectivity index (χ1) is 14.7. The molecule has 0 saturated carbocycles. The predicted octanol–water partition coefficient (Wildman–Crippen LogP) is 5.35. The van der Waals surface area contributed by atoms with Crippen LogP contribution in [0.1, 0.15) is 11.3 Å². The Balaban J connectivity index is 1.84. The van der Waals surface area contributed by atoms with Gasteiger partial charge in [0.2, 0.25) is 0 Å². The molecule has 0 bridgehead atoms. The summed E-state index contributed by atoms with van der Waals surface area (Å²) >= 11 is 0. The van der Waals surface area contributed by atoms with Crippen molar-refractivity contribution < 1.29 is 9.50 Å². The van der Waals surface area contributed by atoms with Crippen LogP contribution in [0.4, 0.5) is 4.39 Å². The van der Waals surface area contributed by atoms with Crippen LogP contribution in [-0.2, 0) is 6.61 Å². The second-order valence-electron chi connectivity index (χ2n) is 7.02. The molecule has 2 aromatic heterocycles. The number of benzene rings is 3. The normalized spacial score (nSPS) is 11.1. The van der Waals surface area contributed by atoms with Crippen LogP contribution in [0.15, 0.2) is 79.0 Å². The Kier molecular flexibility index (Phi) is 4.27. The van der Waals surface area contributed by atoms with E-state index in [0.717, 1.165) is 32.9 Å². The van der Waals surface area contributed by atoms with Crippen molar-refractivity contribution in [1.82, 2.24) is 9.55 Å². The topological polar surface area (TPSA) is 61.8 Å². The molecule has 3 aromatic carbocycles. The molecule has 0 spiro atoms. The third kappa shape index (κ3) is 2.74. The molecule has 0 aliphatic carbocycles. The lowest BCUT2D eigenvalue weighted by Crippen LogP contribution is -1.96. The summed E-state index contributed by atoms with van der Waals surface area (Å²) < 4.78 is 16.4. The van der Waals surface area contributed by atoms with Crippen molar-refractivity contribution in [2.75, 3.05) is 0 Å². The van der Waals surface area contributed by atoms with Crippen molar-refractivity contribution in [2.24, 2.45) is 0 Å². The van der Waals surface area contributed by atoms with Crippen molar-refractivity contribution in [2.45, 2.75) is 6.61 Å². The van der Waals surface area contributed by atoms with E-state index < -0.39 is 5.82 Å². The Morgan fingerprint density at radius 1 is 0.967 bits per heavy atom. The molecule has 5 rings (SSSR count). The van der Waals surface area contributed by atoms with E-state index in [0.29, 0.717) is 11.4 Å². The fourth-order valence-corrected chi connectivity index (χ4v) is 3.95. The van der Waals surface area contributed by atoms with Crippen LogP contribution in [0.2, 0.25) is 0 Å². The summed E-state index contributed by atoms with van der Waals surface area (Å²) in [5.74, 6) is -0.541. The fraction of sp³-hybridized carbons (Fsp3) is 0.0400. The molecule has 144 valence electrons. The number of pyridine rings is 1. The van der Waals surface area contributed by atoms with Gasteiger partial charge in [0.25, 0.3) is 0 Å². The van der Waals surface area contributed by atoms with Crippen molar-refractivity contribution in [3.63, 3.8) is 0 Å². The third-order valence-electron chi connectivity index (χ3n) is 5.33. The maximum atomic E-state index is 14.4.